The normalized spacial score (nSPS) is 10.5. The van der Waals surface area contributed by atoms with Crippen LogP contribution < -0.4 is 29.7 Å². The summed E-state index contributed by atoms with van der Waals surface area (Å²) in [6, 6.07) is 16.0. The maximum Gasteiger partial charge on any atom is 0.343 e. The molecule has 0 fully saturated rings. The number of rotatable bonds is 11. The van der Waals surface area contributed by atoms with Crippen LogP contribution in [0.4, 0.5) is 0 Å². The lowest BCUT2D eigenvalue weighted by Crippen LogP contribution is -2.35. The van der Waals surface area contributed by atoms with Crippen LogP contribution in [0, 0.1) is 0 Å². The van der Waals surface area contributed by atoms with E-state index in [9.17, 15) is 14.4 Å². The molecule has 0 spiro atoms. The number of benzene rings is 3. The molecule has 0 aliphatic heterocycles. The second kappa shape index (κ2) is 13.7. The molecule has 11 heteroatoms. The monoisotopic (exact) mass is 539 g/mol. The van der Waals surface area contributed by atoms with Crippen LogP contribution in [0.25, 0.3) is 0 Å². The number of hydrogen-bond donors (Lipinski definition) is 2. The third kappa shape index (κ3) is 7.47. The van der Waals surface area contributed by atoms with E-state index in [1.165, 1.54) is 26.5 Å². The standard InChI is InChI=1S/C27H26ClN3O7/c1-4-37-24-13-17(15-30-31-25(32)16-29-26(33)19-7-5-6-8-20(19)28)9-11-22(24)38-27(34)18-10-12-21(35-2)23(14-18)36-3/h5-15H,4,16H2,1-3H3,(H,29,33)(H,31,32)/b30-15+. The van der Waals surface area contributed by atoms with Crippen molar-refractivity contribution >= 4 is 35.6 Å². The van der Waals surface area contributed by atoms with Crippen LogP contribution in [-0.2, 0) is 4.79 Å². The molecule has 3 aromatic rings. The van der Waals surface area contributed by atoms with Gasteiger partial charge in [-0.25, -0.2) is 10.2 Å². The first-order valence-corrected chi connectivity index (χ1v) is 11.8. The second-order valence-corrected chi connectivity index (χ2v) is 7.96. The minimum absolute atomic E-state index is 0.204. The van der Waals surface area contributed by atoms with E-state index in [-0.39, 0.29) is 28.4 Å². The van der Waals surface area contributed by atoms with E-state index in [0.29, 0.717) is 29.4 Å². The molecule has 0 radical (unpaired) electrons. The number of carbonyl (C=O) groups is 3. The van der Waals surface area contributed by atoms with Gasteiger partial charge in [-0.1, -0.05) is 23.7 Å². The Bertz CT molecular complexity index is 1340. The van der Waals surface area contributed by atoms with E-state index in [0.717, 1.165) is 0 Å². The van der Waals surface area contributed by atoms with Gasteiger partial charge in [0.15, 0.2) is 23.0 Å². The highest BCUT2D eigenvalue weighted by atomic mass is 35.5. The smallest absolute Gasteiger partial charge is 0.343 e. The molecule has 3 aromatic carbocycles. The summed E-state index contributed by atoms with van der Waals surface area (Å²) in [6.45, 7) is 1.82. The molecule has 10 nitrogen and oxygen atoms in total. The Kier molecular flexibility index (Phi) is 10.1. The van der Waals surface area contributed by atoms with Crippen LogP contribution in [0.1, 0.15) is 33.2 Å². The zero-order valence-electron chi connectivity index (χ0n) is 20.9. The van der Waals surface area contributed by atoms with Gasteiger partial charge in [0.2, 0.25) is 0 Å². The molecule has 0 bridgehead atoms. The number of methoxy groups -OCH3 is 2. The molecule has 0 saturated heterocycles. The Morgan fingerprint density at radius 3 is 2.37 bits per heavy atom. The minimum Gasteiger partial charge on any atom is -0.493 e. The number of nitrogens with one attached hydrogen (secondary N) is 2. The van der Waals surface area contributed by atoms with Gasteiger partial charge >= 0.3 is 5.97 Å². The maximum absolute atomic E-state index is 12.7. The number of halogens is 1. The van der Waals surface area contributed by atoms with Gasteiger partial charge in [0.05, 0.1) is 49.7 Å². The fourth-order valence-corrected chi connectivity index (χ4v) is 3.42. The van der Waals surface area contributed by atoms with Crippen LogP contribution in [0.2, 0.25) is 5.02 Å². The fourth-order valence-electron chi connectivity index (χ4n) is 3.20. The molecule has 0 unspecified atom stereocenters. The van der Waals surface area contributed by atoms with Crippen LogP contribution >= 0.6 is 11.6 Å². The predicted octanol–water partition coefficient (Wildman–Crippen LogP) is 3.86. The highest BCUT2D eigenvalue weighted by Gasteiger charge is 2.16. The van der Waals surface area contributed by atoms with Gasteiger partial charge in [-0.3, -0.25) is 9.59 Å². The molecule has 0 atom stereocenters. The van der Waals surface area contributed by atoms with Gasteiger partial charge in [-0.15, -0.1) is 0 Å². The van der Waals surface area contributed by atoms with Crippen molar-refractivity contribution < 1.29 is 33.3 Å². The molecule has 0 aromatic heterocycles. The van der Waals surface area contributed by atoms with Gasteiger partial charge in [-0.2, -0.15) is 5.10 Å². The van der Waals surface area contributed by atoms with Crippen molar-refractivity contribution in [2.75, 3.05) is 27.4 Å². The first kappa shape index (κ1) is 28.0. The van der Waals surface area contributed by atoms with Crippen molar-refractivity contribution in [3.05, 3.63) is 82.4 Å². The lowest BCUT2D eigenvalue weighted by Gasteiger charge is -2.12. The van der Waals surface area contributed by atoms with E-state index >= 15 is 0 Å². The van der Waals surface area contributed by atoms with Crippen molar-refractivity contribution in [1.82, 2.24) is 10.7 Å². The average molecular weight is 540 g/mol. The molecule has 0 heterocycles. The molecule has 198 valence electrons. The Morgan fingerprint density at radius 2 is 1.66 bits per heavy atom. The summed E-state index contributed by atoms with van der Waals surface area (Å²) in [4.78, 5) is 36.9. The number of hydrazone groups is 1. The fraction of sp³-hybridized carbons (Fsp3) is 0.185. The Balaban J connectivity index is 1.61. The van der Waals surface area contributed by atoms with Crippen LogP contribution in [0.3, 0.4) is 0 Å². The second-order valence-electron chi connectivity index (χ2n) is 7.55. The Morgan fingerprint density at radius 1 is 0.921 bits per heavy atom. The SMILES string of the molecule is CCOc1cc(/C=N/NC(=O)CNC(=O)c2ccccc2Cl)ccc1OC(=O)c1ccc(OC)c(OC)c1. The number of ether oxygens (including phenoxy) is 4. The first-order chi connectivity index (χ1) is 18.4. The molecule has 0 aliphatic carbocycles. The van der Waals surface area contributed by atoms with Crippen LogP contribution in [-0.4, -0.2) is 51.4 Å². The van der Waals surface area contributed by atoms with Gasteiger partial charge in [0.25, 0.3) is 11.8 Å². The zero-order chi connectivity index (χ0) is 27.5. The van der Waals surface area contributed by atoms with E-state index in [1.807, 2.05) is 0 Å². The number of esters is 1. The Labute approximate surface area is 224 Å². The highest BCUT2D eigenvalue weighted by Crippen LogP contribution is 2.31. The third-order valence-electron chi connectivity index (χ3n) is 5.02. The van der Waals surface area contributed by atoms with Gasteiger partial charge < -0.3 is 24.3 Å². The molecular formula is C27H26ClN3O7. The highest BCUT2D eigenvalue weighted by molar-refractivity contribution is 6.33. The molecule has 0 aliphatic rings. The van der Waals surface area contributed by atoms with Gasteiger partial charge in [-0.05, 0) is 61.0 Å². The molecule has 38 heavy (non-hydrogen) atoms. The molecular weight excluding hydrogens is 514 g/mol. The molecule has 2 amide bonds. The minimum atomic E-state index is -0.612. The largest absolute Gasteiger partial charge is 0.493 e. The summed E-state index contributed by atoms with van der Waals surface area (Å²) in [5.41, 5.74) is 3.42. The summed E-state index contributed by atoms with van der Waals surface area (Å²) < 4.78 is 21.6. The quantitative estimate of drug-likeness (QED) is 0.164. The predicted molar refractivity (Wildman–Crippen MR) is 142 cm³/mol. The van der Waals surface area contributed by atoms with E-state index in [1.54, 1.807) is 61.5 Å². The summed E-state index contributed by atoms with van der Waals surface area (Å²) in [6.07, 6.45) is 1.39. The maximum atomic E-state index is 12.7. The van der Waals surface area contributed by atoms with E-state index < -0.39 is 17.8 Å². The lowest BCUT2D eigenvalue weighted by atomic mass is 10.2. The summed E-state index contributed by atoms with van der Waals surface area (Å²) in [5, 5.41) is 6.65. The summed E-state index contributed by atoms with van der Waals surface area (Å²) in [7, 11) is 2.97. The van der Waals surface area contributed by atoms with Crippen molar-refractivity contribution in [2.24, 2.45) is 5.10 Å². The topological polar surface area (TPSA) is 125 Å². The zero-order valence-corrected chi connectivity index (χ0v) is 21.7. The van der Waals surface area contributed by atoms with Crippen LogP contribution in [0.15, 0.2) is 65.8 Å². The van der Waals surface area contributed by atoms with Crippen molar-refractivity contribution in [3.8, 4) is 23.0 Å². The summed E-state index contributed by atoms with van der Waals surface area (Å²) in [5.74, 6) is -0.235. The summed E-state index contributed by atoms with van der Waals surface area (Å²) >= 11 is 5.98. The number of nitrogens with zero attached hydrogens (tertiary/aromatic N) is 1. The third-order valence-corrected chi connectivity index (χ3v) is 5.35. The van der Waals surface area contributed by atoms with Gasteiger partial charge in [0, 0.05) is 0 Å². The molecule has 0 saturated carbocycles. The molecule has 3 rings (SSSR count). The number of hydrogen-bond acceptors (Lipinski definition) is 8. The van der Waals surface area contributed by atoms with Gasteiger partial charge in [0.1, 0.15) is 0 Å². The average Bonchev–Trinajstić information content (AvgIpc) is 2.93. The number of carbonyl (C=O) groups excluding carboxylic acids is 3. The Hall–Kier alpha value is -4.57. The number of amides is 2. The molecule has 2 N–H and O–H groups in total. The van der Waals surface area contributed by atoms with E-state index in [2.05, 4.69) is 15.8 Å². The first-order valence-electron chi connectivity index (χ1n) is 11.4. The van der Waals surface area contributed by atoms with Crippen molar-refractivity contribution in [1.29, 1.82) is 0 Å². The lowest BCUT2D eigenvalue weighted by molar-refractivity contribution is -0.120. The van der Waals surface area contributed by atoms with E-state index in [4.69, 9.17) is 30.5 Å². The van der Waals surface area contributed by atoms with Crippen LogP contribution in [0.5, 0.6) is 23.0 Å². The van der Waals surface area contributed by atoms with Crippen molar-refractivity contribution in [3.63, 3.8) is 0 Å². The van der Waals surface area contributed by atoms with Crippen molar-refractivity contribution in [2.45, 2.75) is 6.92 Å².